The lowest BCUT2D eigenvalue weighted by molar-refractivity contribution is -0.0777. The monoisotopic (exact) mass is 240 g/mol. The third kappa shape index (κ3) is 2.30. The minimum atomic E-state index is 0.134. The highest BCUT2D eigenvalue weighted by molar-refractivity contribution is 7.10. The Morgan fingerprint density at radius 1 is 1.62 bits per heavy atom. The molecule has 2 heterocycles. The lowest BCUT2D eigenvalue weighted by Gasteiger charge is -2.42. The van der Waals surface area contributed by atoms with E-state index in [1.54, 1.807) is 11.3 Å². The summed E-state index contributed by atoms with van der Waals surface area (Å²) in [5.41, 5.74) is 5.82. The normalized spacial score (nSPS) is 27.5. The predicted octanol–water partition coefficient (Wildman–Crippen LogP) is 1.86. The molecule has 1 aromatic heterocycles. The van der Waals surface area contributed by atoms with E-state index in [1.165, 1.54) is 4.88 Å². The van der Waals surface area contributed by atoms with Crippen LogP contribution in [-0.4, -0.2) is 36.7 Å². The molecule has 1 aromatic rings. The second kappa shape index (κ2) is 5.27. The Bertz CT molecular complexity index is 313. The van der Waals surface area contributed by atoms with Gasteiger partial charge in [0, 0.05) is 24.0 Å². The third-order valence-electron chi connectivity index (χ3n) is 3.12. The minimum absolute atomic E-state index is 0.134. The number of nitrogens with zero attached hydrogens (tertiary/aromatic N) is 1. The predicted molar refractivity (Wildman–Crippen MR) is 67.7 cm³/mol. The average molecular weight is 240 g/mol. The van der Waals surface area contributed by atoms with Gasteiger partial charge in [0.05, 0.1) is 18.8 Å². The highest BCUT2D eigenvalue weighted by Crippen LogP contribution is 2.33. The van der Waals surface area contributed by atoms with E-state index in [9.17, 15) is 0 Å². The van der Waals surface area contributed by atoms with Crippen LogP contribution in [0.15, 0.2) is 17.5 Å². The molecule has 0 spiro atoms. The molecule has 3 nitrogen and oxygen atoms in total. The molecular weight excluding hydrogens is 220 g/mol. The lowest BCUT2D eigenvalue weighted by Crippen LogP contribution is -2.50. The van der Waals surface area contributed by atoms with Crippen molar-refractivity contribution < 1.29 is 4.74 Å². The van der Waals surface area contributed by atoms with Crippen molar-refractivity contribution in [3.05, 3.63) is 22.4 Å². The molecule has 0 radical (unpaired) electrons. The largest absolute Gasteiger partial charge is 0.374 e. The Balaban J connectivity index is 2.24. The molecule has 1 saturated heterocycles. The van der Waals surface area contributed by atoms with Gasteiger partial charge in [0.2, 0.25) is 0 Å². The highest BCUT2D eigenvalue weighted by Gasteiger charge is 2.34. The molecule has 4 heteroatoms. The summed E-state index contributed by atoms with van der Waals surface area (Å²) in [5.74, 6) is 0. The van der Waals surface area contributed by atoms with Gasteiger partial charge in [-0.3, -0.25) is 4.90 Å². The molecule has 1 aliphatic heterocycles. The summed E-state index contributed by atoms with van der Waals surface area (Å²) < 4.78 is 5.78. The molecule has 2 N–H and O–H groups in total. The van der Waals surface area contributed by atoms with Crippen LogP contribution in [0, 0.1) is 0 Å². The van der Waals surface area contributed by atoms with Crippen LogP contribution < -0.4 is 5.73 Å². The molecule has 0 amide bonds. The highest BCUT2D eigenvalue weighted by atomic mass is 32.1. The molecule has 0 bridgehead atoms. The van der Waals surface area contributed by atoms with E-state index in [1.807, 2.05) is 0 Å². The first-order valence-corrected chi connectivity index (χ1v) is 6.73. The van der Waals surface area contributed by atoms with Crippen molar-refractivity contribution in [3.8, 4) is 0 Å². The molecule has 90 valence electrons. The SMILES string of the molecule is CC(C)N1CCOC(CN)C1c1cccs1. The van der Waals surface area contributed by atoms with E-state index in [0.29, 0.717) is 18.6 Å². The van der Waals surface area contributed by atoms with Gasteiger partial charge in [0.1, 0.15) is 0 Å². The summed E-state index contributed by atoms with van der Waals surface area (Å²) in [4.78, 5) is 3.86. The Labute approximate surface area is 101 Å². The second-order valence-corrected chi connectivity index (χ2v) is 5.42. The fourth-order valence-electron chi connectivity index (χ4n) is 2.34. The Morgan fingerprint density at radius 3 is 3.00 bits per heavy atom. The van der Waals surface area contributed by atoms with Crippen molar-refractivity contribution in [2.75, 3.05) is 19.7 Å². The molecule has 1 fully saturated rings. The number of rotatable bonds is 3. The quantitative estimate of drug-likeness (QED) is 0.876. The number of hydrogen-bond donors (Lipinski definition) is 1. The van der Waals surface area contributed by atoms with E-state index in [-0.39, 0.29) is 6.10 Å². The molecule has 1 aliphatic rings. The van der Waals surface area contributed by atoms with Gasteiger partial charge in [-0.15, -0.1) is 11.3 Å². The summed E-state index contributed by atoms with van der Waals surface area (Å²) >= 11 is 1.79. The van der Waals surface area contributed by atoms with Crippen molar-refractivity contribution in [1.82, 2.24) is 4.90 Å². The summed E-state index contributed by atoms with van der Waals surface area (Å²) in [6.45, 7) is 6.85. The lowest BCUT2D eigenvalue weighted by atomic mass is 10.0. The zero-order chi connectivity index (χ0) is 11.5. The van der Waals surface area contributed by atoms with Gasteiger partial charge in [-0.25, -0.2) is 0 Å². The van der Waals surface area contributed by atoms with Gasteiger partial charge < -0.3 is 10.5 Å². The van der Waals surface area contributed by atoms with Crippen LogP contribution in [0.2, 0.25) is 0 Å². The fourth-order valence-corrected chi connectivity index (χ4v) is 3.23. The van der Waals surface area contributed by atoms with Crippen molar-refractivity contribution in [3.63, 3.8) is 0 Å². The molecular formula is C12H20N2OS. The maximum absolute atomic E-state index is 5.82. The first kappa shape index (κ1) is 12.0. The number of nitrogens with two attached hydrogens (primary N) is 1. The molecule has 2 unspecified atom stereocenters. The summed E-state index contributed by atoms with van der Waals surface area (Å²) in [6, 6.07) is 5.15. The standard InChI is InChI=1S/C12H20N2OS/c1-9(2)14-5-6-15-10(8-13)12(14)11-4-3-7-16-11/h3-4,7,9-10,12H,5-6,8,13H2,1-2H3. The summed E-state index contributed by atoms with van der Waals surface area (Å²) in [7, 11) is 0. The second-order valence-electron chi connectivity index (χ2n) is 4.44. The molecule has 16 heavy (non-hydrogen) atoms. The zero-order valence-electron chi connectivity index (χ0n) is 9.93. The van der Waals surface area contributed by atoms with Crippen molar-refractivity contribution in [2.45, 2.75) is 32.0 Å². The number of morpholine rings is 1. The minimum Gasteiger partial charge on any atom is -0.374 e. The summed E-state index contributed by atoms with van der Waals surface area (Å²) in [5, 5.41) is 2.12. The first-order chi connectivity index (χ1) is 7.74. The van der Waals surface area contributed by atoms with Crippen LogP contribution in [-0.2, 0) is 4.74 Å². The van der Waals surface area contributed by atoms with Crippen LogP contribution in [0.1, 0.15) is 24.8 Å². The van der Waals surface area contributed by atoms with Gasteiger partial charge in [0.25, 0.3) is 0 Å². The molecule has 0 saturated carbocycles. The van der Waals surface area contributed by atoms with Gasteiger partial charge in [-0.2, -0.15) is 0 Å². The molecule has 0 aliphatic carbocycles. The molecule has 0 aromatic carbocycles. The van der Waals surface area contributed by atoms with Crippen LogP contribution in [0.25, 0.3) is 0 Å². The van der Waals surface area contributed by atoms with E-state index in [4.69, 9.17) is 10.5 Å². The van der Waals surface area contributed by atoms with Crippen molar-refractivity contribution in [1.29, 1.82) is 0 Å². The smallest absolute Gasteiger partial charge is 0.0902 e. The van der Waals surface area contributed by atoms with E-state index >= 15 is 0 Å². The maximum atomic E-state index is 5.82. The Morgan fingerprint density at radius 2 is 2.44 bits per heavy atom. The van der Waals surface area contributed by atoms with Crippen LogP contribution in [0.4, 0.5) is 0 Å². The molecule has 2 atom stereocenters. The van der Waals surface area contributed by atoms with Crippen molar-refractivity contribution >= 4 is 11.3 Å². The Hall–Kier alpha value is -0.420. The Kier molecular flexibility index (Phi) is 3.97. The van der Waals surface area contributed by atoms with Crippen LogP contribution >= 0.6 is 11.3 Å². The number of hydrogen-bond acceptors (Lipinski definition) is 4. The fraction of sp³-hybridized carbons (Fsp3) is 0.667. The van der Waals surface area contributed by atoms with Crippen molar-refractivity contribution in [2.24, 2.45) is 5.73 Å². The maximum Gasteiger partial charge on any atom is 0.0902 e. The number of ether oxygens (including phenoxy) is 1. The van der Waals surface area contributed by atoms with E-state index < -0.39 is 0 Å². The third-order valence-corrected chi connectivity index (χ3v) is 4.06. The zero-order valence-corrected chi connectivity index (χ0v) is 10.7. The van der Waals surface area contributed by atoms with Gasteiger partial charge in [0.15, 0.2) is 0 Å². The van der Waals surface area contributed by atoms with Crippen LogP contribution in [0.5, 0.6) is 0 Å². The number of thiophene rings is 1. The van der Waals surface area contributed by atoms with E-state index in [0.717, 1.165) is 13.2 Å². The molecule has 2 rings (SSSR count). The van der Waals surface area contributed by atoms with Crippen LogP contribution in [0.3, 0.4) is 0 Å². The average Bonchev–Trinajstić information content (AvgIpc) is 2.81. The first-order valence-electron chi connectivity index (χ1n) is 5.85. The van der Waals surface area contributed by atoms with Gasteiger partial charge in [-0.1, -0.05) is 6.07 Å². The summed E-state index contributed by atoms with van der Waals surface area (Å²) in [6.07, 6.45) is 0.134. The van der Waals surface area contributed by atoms with E-state index in [2.05, 4.69) is 36.3 Å². The topological polar surface area (TPSA) is 38.5 Å². The van der Waals surface area contributed by atoms with Gasteiger partial charge >= 0.3 is 0 Å². The van der Waals surface area contributed by atoms with Gasteiger partial charge in [-0.05, 0) is 25.3 Å².